The van der Waals surface area contributed by atoms with Gasteiger partial charge < -0.3 is 17.3 Å². The molecule has 0 aliphatic heterocycles. The van der Waals surface area contributed by atoms with Gasteiger partial charge in [0.05, 0.1) is 5.56 Å². The Bertz CT molecular complexity index is 1160. The molecule has 31 heavy (non-hydrogen) atoms. The van der Waals surface area contributed by atoms with Crippen LogP contribution in [-0.2, 0) is 0 Å². The van der Waals surface area contributed by atoms with E-state index in [1.165, 1.54) is 22.3 Å². The molecule has 0 aliphatic rings. The van der Waals surface area contributed by atoms with Gasteiger partial charge in [-0.05, 0) is 23.6 Å². The SMILES string of the molecule is F[B-](F)(F)F.F[P-](F)(F)(F)(F)F.c1cc[n+]2cc(-c3ccsc3)[n+]3ccccc3c2c1. The summed E-state index contributed by atoms with van der Waals surface area (Å²) in [6.07, 6.45) is 6.40. The van der Waals surface area contributed by atoms with E-state index in [2.05, 4.69) is 80.6 Å². The van der Waals surface area contributed by atoms with Crippen molar-refractivity contribution >= 4 is 37.4 Å². The molecule has 0 unspecified atom stereocenters. The van der Waals surface area contributed by atoms with Gasteiger partial charge in [-0.2, -0.15) is 15.7 Å². The minimum Gasteiger partial charge on any atom is -0.155 e. The van der Waals surface area contributed by atoms with Gasteiger partial charge in [0, 0.05) is 29.6 Å². The van der Waals surface area contributed by atoms with Gasteiger partial charge >= 0.3 is 40.2 Å². The van der Waals surface area contributed by atoms with E-state index in [0.29, 0.717) is 0 Å². The average molecular weight is 496 g/mol. The summed E-state index contributed by atoms with van der Waals surface area (Å²) in [4.78, 5) is 0. The summed E-state index contributed by atoms with van der Waals surface area (Å²) in [6.45, 7) is 0. The topological polar surface area (TPSA) is 8.20 Å². The number of nitrogens with zero attached hydrogens (tertiary/aromatic N) is 2. The van der Waals surface area contributed by atoms with Crippen LogP contribution < -0.4 is 8.80 Å². The van der Waals surface area contributed by atoms with Crippen LogP contribution in [0.25, 0.3) is 22.3 Å². The van der Waals surface area contributed by atoms with Crippen molar-refractivity contribution in [1.82, 2.24) is 0 Å². The molecule has 0 atom stereocenters. The number of halogens is 10. The molecule has 0 saturated heterocycles. The molecular formula is C16H12BF10N2PS. The van der Waals surface area contributed by atoms with E-state index in [0.717, 1.165) is 0 Å². The molecular weight excluding hydrogens is 484 g/mol. The van der Waals surface area contributed by atoms with E-state index in [4.69, 9.17) is 0 Å². The van der Waals surface area contributed by atoms with Crippen LogP contribution >= 0.6 is 19.1 Å². The van der Waals surface area contributed by atoms with E-state index in [1.54, 1.807) is 11.3 Å². The molecule has 0 spiro atoms. The third kappa shape index (κ3) is 9.92. The van der Waals surface area contributed by atoms with Gasteiger partial charge in [-0.3, -0.25) is 0 Å². The first-order valence-electron chi connectivity index (χ1n) is 8.08. The van der Waals surface area contributed by atoms with E-state index in [1.807, 2.05) is 0 Å². The molecule has 170 valence electrons. The number of aromatic nitrogens is 2. The number of fused-ring (bicyclic) bond motifs is 3. The number of pyridine rings is 2. The van der Waals surface area contributed by atoms with Gasteiger partial charge in [0.1, 0.15) is 0 Å². The average Bonchev–Trinajstić information content (AvgIpc) is 3.11. The van der Waals surface area contributed by atoms with Crippen molar-refractivity contribution in [2.75, 3.05) is 0 Å². The fourth-order valence-corrected chi connectivity index (χ4v) is 3.12. The molecule has 15 heteroatoms. The molecule has 0 fully saturated rings. The minimum atomic E-state index is -10.7. The molecule has 0 aliphatic carbocycles. The fraction of sp³-hybridized carbons (Fsp3) is 0. The Hall–Kier alpha value is -2.47. The molecule has 4 rings (SSSR count). The van der Waals surface area contributed by atoms with Crippen molar-refractivity contribution in [3.05, 3.63) is 71.8 Å². The molecule has 4 aromatic rings. The Kier molecular flexibility index (Phi) is 6.32. The second-order valence-electron chi connectivity index (χ2n) is 5.93. The van der Waals surface area contributed by atoms with E-state index in [9.17, 15) is 42.4 Å². The van der Waals surface area contributed by atoms with Crippen molar-refractivity contribution in [2.24, 2.45) is 0 Å². The summed E-state index contributed by atoms with van der Waals surface area (Å²) in [5.41, 5.74) is 4.89. The molecule has 0 amide bonds. The number of hydrogen-bond acceptors (Lipinski definition) is 1. The molecule has 0 bridgehead atoms. The number of rotatable bonds is 1. The Morgan fingerprint density at radius 3 is 1.77 bits per heavy atom. The first kappa shape index (κ1) is 24.8. The van der Waals surface area contributed by atoms with Gasteiger partial charge in [-0.1, -0.05) is 0 Å². The van der Waals surface area contributed by atoms with Crippen molar-refractivity contribution in [3.63, 3.8) is 0 Å². The van der Waals surface area contributed by atoms with Gasteiger partial charge in [0.25, 0.3) is 16.7 Å². The van der Waals surface area contributed by atoms with Gasteiger partial charge in [-0.25, -0.2) is 0 Å². The largest absolute Gasteiger partial charge is 0.284 e. The Labute approximate surface area is 172 Å². The van der Waals surface area contributed by atoms with Crippen molar-refractivity contribution in [1.29, 1.82) is 0 Å². The van der Waals surface area contributed by atoms with Crippen LogP contribution in [0.2, 0.25) is 0 Å². The first-order chi connectivity index (χ1) is 13.9. The monoisotopic (exact) mass is 496 g/mol. The summed E-state index contributed by atoms with van der Waals surface area (Å²) >= 11 is 1.73. The molecule has 0 N–H and O–H groups in total. The molecule has 4 aromatic heterocycles. The third-order valence-electron chi connectivity index (χ3n) is 3.35. The minimum absolute atomic E-state index is 1.21. The first-order valence-corrected chi connectivity index (χ1v) is 11.1. The Balaban J connectivity index is 0.000000239. The van der Waals surface area contributed by atoms with Crippen LogP contribution in [-0.4, -0.2) is 7.25 Å². The summed E-state index contributed by atoms with van der Waals surface area (Å²) in [5, 5.41) is 4.30. The quantitative estimate of drug-likeness (QED) is 0.0845. The summed E-state index contributed by atoms with van der Waals surface area (Å²) in [7, 11) is -16.7. The molecule has 0 saturated carbocycles. The van der Waals surface area contributed by atoms with Crippen molar-refractivity contribution < 1.29 is 51.2 Å². The molecule has 4 heterocycles. The van der Waals surface area contributed by atoms with E-state index < -0.39 is 15.1 Å². The zero-order chi connectivity index (χ0) is 23.6. The number of thiophene rings is 1. The zero-order valence-corrected chi connectivity index (χ0v) is 16.7. The summed E-state index contributed by atoms with van der Waals surface area (Å²) in [6, 6.07) is 14.8. The van der Waals surface area contributed by atoms with Crippen molar-refractivity contribution in [3.8, 4) is 11.3 Å². The van der Waals surface area contributed by atoms with E-state index >= 15 is 0 Å². The zero-order valence-electron chi connectivity index (χ0n) is 15.0. The number of hydrogen-bond donors (Lipinski definition) is 0. The summed E-state index contributed by atoms with van der Waals surface area (Å²) < 4.78 is 103. The van der Waals surface area contributed by atoms with Gasteiger partial charge in [0.15, 0.2) is 12.4 Å². The predicted octanol–water partition coefficient (Wildman–Crippen LogP) is 7.57. The second kappa shape index (κ2) is 7.90. The normalized spacial score (nSPS) is 14.0. The molecule has 2 nitrogen and oxygen atoms in total. The smallest absolute Gasteiger partial charge is 0.155 e. The van der Waals surface area contributed by atoms with E-state index in [-0.39, 0.29) is 0 Å². The molecule has 0 aromatic carbocycles. The maximum atomic E-state index is 9.87. The van der Waals surface area contributed by atoms with Gasteiger partial charge in [0.2, 0.25) is 6.20 Å². The van der Waals surface area contributed by atoms with Crippen LogP contribution in [0.5, 0.6) is 0 Å². The van der Waals surface area contributed by atoms with Crippen LogP contribution in [0.1, 0.15) is 0 Å². The van der Waals surface area contributed by atoms with Crippen LogP contribution in [0.3, 0.4) is 0 Å². The third-order valence-corrected chi connectivity index (χ3v) is 4.03. The van der Waals surface area contributed by atoms with Gasteiger partial charge in [-0.15, -0.1) is 4.40 Å². The van der Waals surface area contributed by atoms with Crippen LogP contribution in [0.15, 0.2) is 71.8 Å². The summed E-state index contributed by atoms with van der Waals surface area (Å²) in [5.74, 6) is 0. The Morgan fingerprint density at radius 2 is 1.26 bits per heavy atom. The van der Waals surface area contributed by atoms with Crippen LogP contribution in [0, 0.1) is 0 Å². The fourth-order valence-electron chi connectivity index (χ4n) is 2.47. The van der Waals surface area contributed by atoms with Crippen molar-refractivity contribution in [2.45, 2.75) is 0 Å². The predicted molar refractivity (Wildman–Crippen MR) is 99.8 cm³/mol. The molecule has 0 radical (unpaired) electrons. The second-order valence-corrected chi connectivity index (χ2v) is 8.63. The van der Waals surface area contributed by atoms with Crippen LogP contribution in [0.4, 0.5) is 42.4 Å². The maximum absolute atomic E-state index is 10.7. The maximum Gasteiger partial charge on any atom is 0.284 e. The standard InChI is InChI=1S/C16H12N2S.BF4.F6P/c1-3-8-17-11-16(13-7-10-19-12-13)18-9-4-2-6-15(18)14(17)5-1;2-1(3,4)5;1-7(2,3,4,5)6/h1-12H;;/q+2;2*-1. The Morgan fingerprint density at radius 1 is 0.742 bits per heavy atom.